The molecule has 2 aromatic carbocycles. The minimum atomic E-state index is -2.98. The van der Waals surface area contributed by atoms with Crippen molar-refractivity contribution < 1.29 is 26.6 Å². The molecule has 2 rings (SSSR count). The highest BCUT2D eigenvalue weighted by molar-refractivity contribution is 6.76. The van der Waals surface area contributed by atoms with Crippen molar-refractivity contribution in [1.82, 2.24) is 0 Å². The normalized spacial score (nSPS) is 14.7. The first-order valence-electron chi connectivity index (χ1n) is 21.3. The van der Waals surface area contributed by atoms with E-state index in [4.69, 9.17) is 26.6 Å². The molecule has 0 saturated heterocycles. The van der Waals surface area contributed by atoms with Gasteiger partial charge in [0, 0.05) is 48.5 Å². The van der Waals surface area contributed by atoms with Crippen LogP contribution in [-0.4, -0.2) is 55.7 Å². The second kappa shape index (κ2) is 29.0. The van der Waals surface area contributed by atoms with Gasteiger partial charge in [0.05, 0.1) is 0 Å². The van der Waals surface area contributed by atoms with Gasteiger partial charge in [-0.3, -0.25) is 0 Å². The van der Waals surface area contributed by atoms with E-state index in [-0.39, 0.29) is 18.3 Å². The number of rotatable bonds is 29. The molecule has 8 heteroatoms. The average molecular weight is 761 g/mol. The molecule has 6 nitrogen and oxygen atoms in total. The summed E-state index contributed by atoms with van der Waals surface area (Å²) in [6.45, 7) is 25.9. The molecule has 3 atom stereocenters. The number of aryl methyl sites for hydroxylation is 2. The summed E-state index contributed by atoms with van der Waals surface area (Å²) >= 11 is 0. The van der Waals surface area contributed by atoms with Crippen LogP contribution in [0, 0.1) is 0 Å². The van der Waals surface area contributed by atoms with Crippen LogP contribution in [0.5, 0.6) is 0 Å². The van der Waals surface area contributed by atoms with Crippen molar-refractivity contribution in [2.75, 3.05) is 19.8 Å². The van der Waals surface area contributed by atoms with Crippen molar-refractivity contribution in [1.29, 1.82) is 0 Å². The highest BCUT2D eigenvalue weighted by atomic mass is 28.4. The standard InChI is InChI=1S/2C22H40O3Si/c1-8-12-13-21-14-16-22(17-15-21)26(23-18(5)9-2,24-19(6)10-3)25-20(7)11-4;1-5-9-13-21-14-16-22(17-15-21)26(23-18-10-6-2,24-19-11-7-3)25-20-12-8-4/h14-20H,8-13H2,1-7H3;14-17H,5-13,18-20H2,1-4H3. The van der Waals surface area contributed by atoms with Gasteiger partial charge < -0.3 is 26.6 Å². The van der Waals surface area contributed by atoms with Crippen LogP contribution in [0.2, 0.25) is 0 Å². The Bertz CT molecular complexity index is 1050. The van der Waals surface area contributed by atoms with Crippen LogP contribution in [0.15, 0.2) is 48.5 Å². The molecule has 0 aromatic heterocycles. The smallest absolute Gasteiger partial charge is 0.370 e. The summed E-state index contributed by atoms with van der Waals surface area (Å²) < 4.78 is 38.7. The molecule has 0 N–H and O–H groups in total. The fourth-order valence-electron chi connectivity index (χ4n) is 5.27. The Hall–Kier alpha value is -1.37. The summed E-state index contributed by atoms with van der Waals surface area (Å²) in [6, 6.07) is 17.6. The van der Waals surface area contributed by atoms with Gasteiger partial charge in [-0.25, -0.2) is 0 Å². The van der Waals surface area contributed by atoms with Gasteiger partial charge >= 0.3 is 17.6 Å². The van der Waals surface area contributed by atoms with E-state index in [2.05, 4.69) is 125 Å². The molecule has 0 saturated carbocycles. The Morgan fingerprint density at radius 3 is 0.962 bits per heavy atom. The van der Waals surface area contributed by atoms with Crippen LogP contribution in [-0.2, 0) is 39.4 Å². The van der Waals surface area contributed by atoms with Crippen LogP contribution >= 0.6 is 0 Å². The van der Waals surface area contributed by atoms with E-state index < -0.39 is 17.6 Å². The summed E-state index contributed by atoms with van der Waals surface area (Å²) in [5.41, 5.74) is 2.75. The lowest BCUT2D eigenvalue weighted by Crippen LogP contribution is -2.60. The van der Waals surface area contributed by atoms with Crippen molar-refractivity contribution in [3.05, 3.63) is 59.7 Å². The molecule has 0 amide bonds. The molecule has 0 bridgehead atoms. The molecule has 2 aromatic rings. The molecule has 0 radical (unpaired) electrons. The third kappa shape index (κ3) is 18.3. The second-order valence-electron chi connectivity index (χ2n) is 14.3. The molecule has 0 aliphatic carbocycles. The summed E-state index contributed by atoms with van der Waals surface area (Å²) in [7, 11) is -5.82. The largest absolute Gasteiger partial charge is 0.537 e. The molecular weight excluding hydrogens is 681 g/mol. The van der Waals surface area contributed by atoms with Crippen molar-refractivity contribution in [2.45, 2.75) is 191 Å². The van der Waals surface area contributed by atoms with E-state index in [9.17, 15) is 0 Å². The molecule has 0 spiro atoms. The Kier molecular flexibility index (Phi) is 27.1. The van der Waals surface area contributed by atoms with E-state index in [0.717, 1.165) is 81.0 Å². The Labute approximate surface area is 323 Å². The maximum Gasteiger partial charge on any atom is 0.537 e. The Balaban J connectivity index is 0.000000520. The van der Waals surface area contributed by atoms with E-state index in [0.29, 0.717) is 19.8 Å². The van der Waals surface area contributed by atoms with Crippen LogP contribution < -0.4 is 10.4 Å². The lowest BCUT2D eigenvalue weighted by atomic mass is 10.1. The van der Waals surface area contributed by atoms with Crippen molar-refractivity contribution in [2.24, 2.45) is 0 Å². The molecule has 3 unspecified atom stereocenters. The topological polar surface area (TPSA) is 55.4 Å². The molecule has 0 aliphatic rings. The summed E-state index contributed by atoms with van der Waals surface area (Å²) in [5.74, 6) is 0. The quantitative estimate of drug-likeness (QED) is 0.0608. The maximum atomic E-state index is 6.53. The van der Waals surface area contributed by atoms with Crippen LogP contribution in [0.1, 0.15) is 171 Å². The van der Waals surface area contributed by atoms with Gasteiger partial charge in [0.15, 0.2) is 0 Å². The van der Waals surface area contributed by atoms with E-state index in [1.807, 2.05) is 0 Å². The summed E-state index contributed by atoms with van der Waals surface area (Å²) in [5, 5.41) is 2.19. The van der Waals surface area contributed by atoms with Gasteiger partial charge in [-0.05, 0) is 96.1 Å². The highest BCUT2D eigenvalue weighted by Crippen LogP contribution is 2.22. The number of unbranched alkanes of at least 4 members (excludes halogenated alkanes) is 5. The van der Waals surface area contributed by atoms with E-state index in [1.165, 1.54) is 36.8 Å². The van der Waals surface area contributed by atoms with Crippen LogP contribution in [0.25, 0.3) is 0 Å². The van der Waals surface area contributed by atoms with Crippen LogP contribution in [0.3, 0.4) is 0 Å². The van der Waals surface area contributed by atoms with Crippen molar-refractivity contribution in [3.8, 4) is 0 Å². The zero-order valence-electron chi connectivity index (χ0n) is 35.5. The fraction of sp³-hybridized carbons (Fsp3) is 0.727. The van der Waals surface area contributed by atoms with Gasteiger partial charge in [-0.1, -0.05) is 136 Å². The molecule has 300 valence electrons. The molecule has 52 heavy (non-hydrogen) atoms. The molecule has 0 aliphatic heterocycles. The second-order valence-corrected chi connectivity index (χ2v) is 19.3. The molecule has 0 fully saturated rings. The minimum absolute atomic E-state index is 0.106. The monoisotopic (exact) mass is 761 g/mol. The first-order chi connectivity index (χ1) is 25.1. The number of hydrogen-bond acceptors (Lipinski definition) is 6. The van der Waals surface area contributed by atoms with Crippen molar-refractivity contribution >= 4 is 28.0 Å². The average Bonchev–Trinajstić information content (AvgIpc) is 3.16. The first kappa shape index (κ1) is 48.7. The van der Waals surface area contributed by atoms with Gasteiger partial charge in [-0.2, -0.15) is 0 Å². The van der Waals surface area contributed by atoms with Gasteiger partial charge in [0.1, 0.15) is 0 Å². The predicted molar refractivity (Wildman–Crippen MR) is 226 cm³/mol. The number of benzene rings is 2. The van der Waals surface area contributed by atoms with Gasteiger partial charge in [-0.15, -0.1) is 0 Å². The van der Waals surface area contributed by atoms with Gasteiger partial charge in [0.25, 0.3) is 0 Å². The Morgan fingerprint density at radius 1 is 0.404 bits per heavy atom. The third-order valence-corrected chi connectivity index (χ3v) is 15.4. The maximum absolute atomic E-state index is 6.53. The zero-order chi connectivity index (χ0) is 38.7. The summed E-state index contributed by atoms with van der Waals surface area (Å²) in [4.78, 5) is 0. The summed E-state index contributed by atoms with van der Waals surface area (Å²) in [6.07, 6.45) is 16.8. The SMILES string of the molecule is CCCCO[Si](OCCCC)(OCCCC)c1ccc(CCCC)cc1.CCCCc1ccc([Si](OC(C)CC)(OC(C)CC)OC(C)CC)cc1. The van der Waals surface area contributed by atoms with Crippen molar-refractivity contribution in [3.63, 3.8) is 0 Å². The minimum Gasteiger partial charge on any atom is -0.370 e. The van der Waals surface area contributed by atoms with E-state index in [1.54, 1.807) is 0 Å². The number of hydrogen-bond donors (Lipinski definition) is 0. The lowest BCUT2D eigenvalue weighted by molar-refractivity contribution is 0.000748. The first-order valence-corrected chi connectivity index (χ1v) is 24.7. The van der Waals surface area contributed by atoms with Gasteiger partial charge in [0.2, 0.25) is 0 Å². The predicted octanol–water partition coefficient (Wildman–Crippen LogP) is 11.2. The van der Waals surface area contributed by atoms with Crippen LogP contribution in [0.4, 0.5) is 0 Å². The lowest BCUT2D eigenvalue weighted by Gasteiger charge is -2.36. The fourth-order valence-corrected chi connectivity index (χ4v) is 11.1. The van der Waals surface area contributed by atoms with E-state index >= 15 is 0 Å². The zero-order valence-corrected chi connectivity index (χ0v) is 37.5. The third-order valence-electron chi connectivity index (χ3n) is 9.42. The molecular formula is C44H80O6Si2. The molecule has 0 heterocycles. The Morgan fingerprint density at radius 2 is 0.692 bits per heavy atom. The highest BCUT2D eigenvalue weighted by Gasteiger charge is 2.48.